The highest BCUT2D eigenvalue weighted by molar-refractivity contribution is 6.32. The maximum Gasteiger partial charge on any atom is 0.255 e. The number of benzene rings is 1. The van der Waals surface area contributed by atoms with Gasteiger partial charge in [0, 0.05) is 43.2 Å². The van der Waals surface area contributed by atoms with Crippen molar-refractivity contribution in [1.82, 2.24) is 15.1 Å². The average Bonchev–Trinajstić information content (AvgIpc) is 3.67. The van der Waals surface area contributed by atoms with Crippen molar-refractivity contribution in [2.24, 2.45) is 17.4 Å². The van der Waals surface area contributed by atoms with Gasteiger partial charge in [0.2, 0.25) is 5.91 Å². The van der Waals surface area contributed by atoms with Gasteiger partial charge in [-0.15, -0.1) is 0 Å². The highest BCUT2D eigenvalue weighted by atomic mass is 35.5. The van der Waals surface area contributed by atoms with Crippen LogP contribution in [0.5, 0.6) is 0 Å². The largest absolute Gasteiger partial charge is 0.402 e. The zero-order valence-electron chi connectivity index (χ0n) is 23.3. The van der Waals surface area contributed by atoms with Crippen LogP contribution in [0.2, 0.25) is 5.02 Å². The number of primary amides is 1. The smallest absolute Gasteiger partial charge is 0.255 e. The number of aromatic amines is 1. The number of methoxy groups -OCH3 is 1. The number of carbonyl (C=O) groups is 2. The van der Waals surface area contributed by atoms with Gasteiger partial charge < -0.3 is 32.2 Å². The number of anilines is 2. The normalized spacial score (nSPS) is 18.1. The summed E-state index contributed by atoms with van der Waals surface area (Å²) in [6.07, 6.45) is 6.39. The number of amides is 2. The van der Waals surface area contributed by atoms with Crippen LogP contribution in [0.4, 0.5) is 11.5 Å². The van der Waals surface area contributed by atoms with Gasteiger partial charge in [0.25, 0.3) is 5.91 Å². The molecule has 11 heteroatoms. The molecule has 0 spiro atoms. The fourth-order valence-corrected chi connectivity index (χ4v) is 5.39. The molecule has 1 saturated heterocycles. The van der Waals surface area contributed by atoms with Crippen molar-refractivity contribution in [3.63, 3.8) is 0 Å². The highest BCUT2D eigenvalue weighted by Gasteiger charge is 2.27. The van der Waals surface area contributed by atoms with E-state index in [1.54, 1.807) is 20.2 Å². The molecule has 10 nitrogen and oxygen atoms in total. The summed E-state index contributed by atoms with van der Waals surface area (Å²) < 4.78 is 5.02. The van der Waals surface area contributed by atoms with Gasteiger partial charge >= 0.3 is 0 Å². The number of nitrogens with zero attached hydrogens (tertiary/aromatic N) is 2. The van der Waals surface area contributed by atoms with Crippen molar-refractivity contribution in [3.8, 4) is 11.8 Å². The third kappa shape index (κ3) is 6.79. The van der Waals surface area contributed by atoms with Crippen molar-refractivity contribution in [1.29, 1.82) is 0 Å². The van der Waals surface area contributed by atoms with Crippen LogP contribution in [0, 0.1) is 17.8 Å². The first-order valence-corrected chi connectivity index (χ1v) is 13.6. The summed E-state index contributed by atoms with van der Waals surface area (Å²) >= 11 is 6.47. The molecule has 2 aliphatic rings. The van der Waals surface area contributed by atoms with Gasteiger partial charge in [-0.1, -0.05) is 31.0 Å². The number of carbonyl (C=O) groups excluding carboxylic acids is 2. The summed E-state index contributed by atoms with van der Waals surface area (Å²) in [4.78, 5) is 24.7. The van der Waals surface area contributed by atoms with Crippen molar-refractivity contribution >= 4 is 40.5 Å². The van der Waals surface area contributed by atoms with E-state index in [0.717, 1.165) is 55.5 Å². The maximum atomic E-state index is 11.7. The van der Waals surface area contributed by atoms with Crippen molar-refractivity contribution in [2.75, 3.05) is 38.4 Å². The second-order valence-electron chi connectivity index (χ2n) is 9.68. The second kappa shape index (κ2) is 13.9. The monoisotopic (exact) mass is 567 g/mol. The topological polar surface area (TPSA) is 165 Å². The van der Waals surface area contributed by atoms with Gasteiger partial charge in [-0.05, 0) is 67.7 Å². The van der Waals surface area contributed by atoms with E-state index < -0.39 is 5.91 Å². The average molecular weight is 568 g/mol. The molecule has 1 aliphatic carbocycles. The van der Waals surface area contributed by atoms with Crippen LogP contribution in [0.3, 0.4) is 0 Å². The predicted octanol–water partition coefficient (Wildman–Crippen LogP) is 3.49. The fraction of sp³-hybridized carbons (Fsp3) is 0.414. The van der Waals surface area contributed by atoms with Crippen LogP contribution in [0.1, 0.15) is 66.2 Å². The molecule has 2 heterocycles. The number of nitrogen functional groups attached to an aromatic ring is 1. The van der Waals surface area contributed by atoms with Crippen LogP contribution in [-0.2, 0) is 9.53 Å². The number of nitrogens with one attached hydrogen (secondary N) is 2. The first kappa shape index (κ1) is 30.6. The molecule has 2 amide bonds. The number of allylic oxidation sites excluding steroid dienone is 2. The van der Waals surface area contributed by atoms with E-state index in [2.05, 4.69) is 40.9 Å². The molecular formula is C29H38ClN7O3. The SMILES string of the molecule is C=CC(=O)N1CCCC1COC.CCC1CCC(N)=C1c1cc(Cl)c(C#Cc2[nH]nc(NC)c2C(N)=O)cc1N. The molecule has 2 atom stereocenters. The zero-order valence-corrected chi connectivity index (χ0v) is 24.0. The molecular weight excluding hydrogens is 530 g/mol. The van der Waals surface area contributed by atoms with Crippen LogP contribution in [0.15, 0.2) is 30.5 Å². The van der Waals surface area contributed by atoms with E-state index in [1.165, 1.54) is 6.08 Å². The summed E-state index contributed by atoms with van der Waals surface area (Å²) in [6, 6.07) is 3.81. The summed E-state index contributed by atoms with van der Waals surface area (Å²) in [5.41, 5.74) is 22.4. The van der Waals surface area contributed by atoms with Gasteiger partial charge in [-0.3, -0.25) is 14.7 Å². The van der Waals surface area contributed by atoms with Gasteiger partial charge in [-0.25, -0.2) is 0 Å². The number of H-pyrrole nitrogens is 1. The number of likely N-dealkylation sites (tertiary alicyclic amines) is 1. The van der Waals surface area contributed by atoms with E-state index in [-0.39, 0.29) is 17.5 Å². The van der Waals surface area contributed by atoms with E-state index >= 15 is 0 Å². The molecule has 4 rings (SSSR count). The van der Waals surface area contributed by atoms with Gasteiger partial charge in [0.1, 0.15) is 11.3 Å². The molecule has 1 aromatic carbocycles. The van der Waals surface area contributed by atoms with Crippen LogP contribution < -0.4 is 22.5 Å². The number of hydrogen-bond acceptors (Lipinski definition) is 7. The lowest BCUT2D eigenvalue weighted by atomic mass is 9.91. The standard InChI is InChI=1S/C20H23ClN6O.C9H15NO2/c1-3-10-4-6-14(22)17(10)12-9-13(21)11(8-15(12)23)5-7-16-18(19(24)28)20(25-2)27-26-16;1-3-9(11)10-6-4-5-8(10)7-12-2/h8-10H,3-4,6,22-23H2,1-2H3,(H2,24,28)(H2,25,26,27);3,8H,1,4-7H2,2H3. The minimum Gasteiger partial charge on any atom is -0.402 e. The summed E-state index contributed by atoms with van der Waals surface area (Å²) in [6.45, 7) is 7.09. The predicted molar refractivity (Wildman–Crippen MR) is 159 cm³/mol. The maximum absolute atomic E-state index is 11.7. The summed E-state index contributed by atoms with van der Waals surface area (Å²) in [5, 5.41) is 9.94. The van der Waals surface area contributed by atoms with E-state index in [0.29, 0.717) is 40.3 Å². The molecule has 0 saturated carbocycles. The number of rotatable bonds is 7. The van der Waals surface area contributed by atoms with Crippen molar-refractivity contribution in [3.05, 3.63) is 57.9 Å². The fourth-order valence-electron chi connectivity index (χ4n) is 5.18. The third-order valence-electron chi connectivity index (χ3n) is 7.20. The molecule has 2 aromatic rings. The Morgan fingerprint density at radius 1 is 1.32 bits per heavy atom. The number of nitrogens with two attached hydrogens (primary N) is 3. The third-order valence-corrected chi connectivity index (χ3v) is 7.52. The highest BCUT2D eigenvalue weighted by Crippen LogP contribution is 2.42. The Labute approximate surface area is 240 Å². The Hall–Kier alpha value is -3.94. The Kier molecular flexibility index (Phi) is 10.6. The minimum atomic E-state index is -0.627. The van der Waals surface area contributed by atoms with Gasteiger partial charge in [0.15, 0.2) is 5.82 Å². The van der Waals surface area contributed by atoms with Gasteiger partial charge in [0.05, 0.1) is 17.7 Å². The lowest BCUT2D eigenvalue weighted by Gasteiger charge is -2.22. The molecule has 1 fully saturated rings. The van der Waals surface area contributed by atoms with Crippen LogP contribution in [-0.4, -0.2) is 60.3 Å². The van der Waals surface area contributed by atoms with Crippen molar-refractivity contribution in [2.45, 2.75) is 45.1 Å². The minimum absolute atomic E-state index is 0.0227. The molecule has 1 aliphatic heterocycles. The molecule has 0 bridgehead atoms. The zero-order chi connectivity index (χ0) is 29.4. The molecule has 2 unspecified atom stereocenters. The molecule has 214 valence electrons. The molecule has 40 heavy (non-hydrogen) atoms. The first-order valence-electron chi connectivity index (χ1n) is 13.2. The lowest BCUT2D eigenvalue weighted by Crippen LogP contribution is -2.36. The Morgan fingerprint density at radius 2 is 2.08 bits per heavy atom. The van der Waals surface area contributed by atoms with E-state index in [4.69, 9.17) is 33.5 Å². The van der Waals surface area contributed by atoms with Crippen LogP contribution in [0.25, 0.3) is 5.57 Å². The Morgan fingerprint density at radius 3 is 2.70 bits per heavy atom. The Bertz CT molecular complexity index is 1360. The van der Waals surface area contributed by atoms with E-state index in [9.17, 15) is 9.59 Å². The van der Waals surface area contributed by atoms with Gasteiger partial charge in [-0.2, -0.15) is 5.10 Å². The molecule has 0 radical (unpaired) electrons. The summed E-state index contributed by atoms with van der Waals surface area (Å²) in [5.74, 6) is 5.93. The summed E-state index contributed by atoms with van der Waals surface area (Å²) in [7, 11) is 3.30. The number of ether oxygens (including phenoxy) is 1. The second-order valence-corrected chi connectivity index (χ2v) is 10.1. The first-order chi connectivity index (χ1) is 19.2. The number of aromatic nitrogens is 2. The van der Waals surface area contributed by atoms with E-state index in [1.807, 2.05) is 11.0 Å². The number of hydrogen-bond donors (Lipinski definition) is 5. The molecule has 1 aromatic heterocycles. The lowest BCUT2D eigenvalue weighted by molar-refractivity contribution is -0.127. The Balaban J connectivity index is 0.000000307. The quantitative estimate of drug-likeness (QED) is 0.194. The number of halogens is 1. The molecule has 8 N–H and O–H groups in total. The van der Waals surface area contributed by atoms with Crippen molar-refractivity contribution < 1.29 is 14.3 Å². The van der Waals surface area contributed by atoms with Crippen LogP contribution >= 0.6 is 11.6 Å².